The van der Waals surface area contributed by atoms with Crippen LogP contribution in [0, 0.1) is 20.8 Å². The predicted octanol–water partition coefficient (Wildman–Crippen LogP) is 0.278. The number of carbonyl (C=O) groups excluding carboxylic acids is 3. The molecule has 0 bridgehead atoms. The number of aromatic nitrogens is 3. The molecule has 0 aliphatic rings. The molecule has 9 nitrogen and oxygen atoms in total. The van der Waals surface area contributed by atoms with Crippen molar-refractivity contribution in [1.82, 2.24) is 25.6 Å². The minimum absolute atomic E-state index is 0.0363. The molecule has 0 aliphatic carbocycles. The summed E-state index contributed by atoms with van der Waals surface area (Å²) in [6.45, 7) is 5.02. The van der Waals surface area contributed by atoms with Crippen LogP contribution in [-0.2, 0) is 39.0 Å². The summed E-state index contributed by atoms with van der Waals surface area (Å²) in [5, 5.41) is 6.72. The number of esters is 1. The number of hydrogen-bond donors (Lipinski definition) is 2. The van der Waals surface area contributed by atoms with Gasteiger partial charge in [-0.15, -0.1) is 11.3 Å². The highest BCUT2D eigenvalue weighted by Gasteiger charge is 2.16. The highest BCUT2D eigenvalue weighted by Crippen LogP contribution is 2.13. The Labute approximate surface area is 154 Å². The molecule has 2 N–H and O–H groups in total. The lowest BCUT2D eigenvalue weighted by Crippen LogP contribution is -2.44. The number of ether oxygens (including phenoxy) is 1. The molecule has 0 aromatic carbocycles. The largest absolute Gasteiger partial charge is 0.455 e. The molecule has 0 radical (unpaired) electrons. The van der Waals surface area contributed by atoms with E-state index in [4.69, 9.17) is 4.74 Å². The second kappa shape index (κ2) is 8.56. The van der Waals surface area contributed by atoms with Crippen LogP contribution in [0.4, 0.5) is 0 Å². The van der Waals surface area contributed by atoms with Gasteiger partial charge in [0.05, 0.1) is 18.5 Å². The first-order valence-electron chi connectivity index (χ1n) is 7.89. The number of carbonyl (C=O) groups is 3. The van der Waals surface area contributed by atoms with Crippen molar-refractivity contribution in [2.24, 2.45) is 7.05 Å². The fourth-order valence-electron chi connectivity index (χ4n) is 2.26. The van der Waals surface area contributed by atoms with Gasteiger partial charge in [0.25, 0.3) is 5.91 Å². The molecule has 140 valence electrons. The normalized spacial score (nSPS) is 10.5. The zero-order valence-electron chi connectivity index (χ0n) is 15.1. The summed E-state index contributed by atoms with van der Waals surface area (Å²) in [6.07, 6.45) is 0.104. The quantitative estimate of drug-likeness (QED) is 0.550. The third-order valence-electron chi connectivity index (χ3n) is 3.66. The standard InChI is InChI=1S/C16H21N5O4S/c1-9-8-26-15(17-9)6-13(22)18-19-14(23)7-25-16(24)5-12-10(2)20-21(4)11(12)3/h8H,5-7H2,1-4H3,(H,18,22)(H,19,23). The summed E-state index contributed by atoms with van der Waals surface area (Å²) in [5.41, 5.74) is 7.70. The van der Waals surface area contributed by atoms with E-state index in [0.29, 0.717) is 5.01 Å². The number of aryl methyl sites for hydroxylation is 3. The Morgan fingerprint density at radius 1 is 1.15 bits per heavy atom. The van der Waals surface area contributed by atoms with Crippen LogP contribution in [0.5, 0.6) is 0 Å². The first kappa shape index (κ1) is 19.6. The van der Waals surface area contributed by atoms with Crippen LogP contribution in [0.1, 0.15) is 27.7 Å². The zero-order chi connectivity index (χ0) is 19.3. The Kier molecular flexibility index (Phi) is 6.45. The summed E-state index contributed by atoms with van der Waals surface area (Å²) in [5.74, 6) is -1.56. The van der Waals surface area contributed by atoms with Gasteiger partial charge in [-0.1, -0.05) is 0 Å². The van der Waals surface area contributed by atoms with Crippen molar-refractivity contribution in [1.29, 1.82) is 0 Å². The summed E-state index contributed by atoms with van der Waals surface area (Å²) >= 11 is 1.37. The monoisotopic (exact) mass is 379 g/mol. The minimum Gasteiger partial charge on any atom is -0.455 e. The van der Waals surface area contributed by atoms with Gasteiger partial charge in [-0.25, -0.2) is 4.98 Å². The van der Waals surface area contributed by atoms with Gasteiger partial charge >= 0.3 is 5.97 Å². The first-order chi connectivity index (χ1) is 12.3. The number of rotatable bonds is 6. The van der Waals surface area contributed by atoms with Crippen molar-refractivity contribution in [2.75, 3.05) is 6.61 Å². The van der Waals surface area contributed by atoms with Crippen molar-refractivity contribution in [3.05, 3.63) is 33.0 Å². The highest BCUT2D eigenvalue weighted by molar-refractivity contribution is 7.09. The average molecular weight is 379 g/mol. The van der Waals surface area contributed by atoms with Crippen molar-refractivity contribution in [3.63, 3.8) is 0 Å². The lowest BCUT2D eigenvalue weighted by Gasteiger charge is -2.08. The topological polar surface area (TPSA) is 115 Å². The summed E-state index contributed by atoms with van der Waals surface area (Å²) in [6, 6.07) is 0. The van der Waals surface area contributed by atoms with E-state index in [0.717, 1.165) is 22.6 Å². The molecule has 0 saturated heterocycles. The van der Waals surface area contributed by atoms with E-state index in [1.807, 2.05) is 26.2 Å². The van der Waals surface area contributed by atoms with Gasteiger partial charge in [0.2, 0.25) is 5.91 Å². The molecule has 0 spiro atoms. The summed E-state index contributed by atoms with van der Waals surface area (Å²) in [7, 11) is 1.79. The van der Waals surface area contributed by atoms with Crippen LogP contribution in [0.2, 0.25) is 0 Å². The SMILES string of the molecule is Cc1csc(CC(=O)NNC(=O)COC(=O)Cc2c(C)nn(C)c2C)n1. The van der Waals surface area contributed by atoms with Gasteiger partial charge in [0.15, 0.2) is 6.61 Å². The fraction of sp³-hybridized carbons (Fsp3) is 0.438. The van der Waals surface area contributed by atoms with Crippen molar-refractivity contribution in [2.45, 2.75) is 33.6 Å². The number of thiazole rings is 1. The molecular formula is C16H21N5O4S. The van der Waals surface area contributed by atoms with Gasteiger partial charge in [-0.3, -0.25) is 29.9 Å². The van der Waals surface area contributed by atoms with Gasteiger partial charge in [-0.05, 0) is 20.8 Å². The zero-order valence-corrected chi connectivity index (χ0v) is 15.9. The van der Waals surface area contributed by atoms with E-state index in [-0.39, 0.29) is 12.8 Å². The molecule has 2 amide bonds. The van der Waals surface area contributed by atoms with E-state index in [1.54, 1.807) is 11.7 Å². The van der Waals surface area contributed by atoms with E-state index < -0.39 is 24.4 Å². The Hall–Kier alpha value is -2.75. The van der Waals surface area contributed by atoms with E-state index in [1.165, 1.54) is 11.3 Å². The Balaban J connectivity index is 1.71. The molecule has 10 heteroatoms. The molecule has 2 heterocycles. The van der Waals surface area contributed by atoms with Crippen molar-refractivity contribution in [3.8, 4) is 0 Å². The van der Waals surface area contributed by atoms with Crippen LogP contribution in [0.15, 0.2) is 5.38 Å². The second-order valence-corrected chi connectivity index (χ2v) is 6.71. The molecule has 0 saturated carbocycles. The van der Waals surface area contributed by atoms with Crippen LogP contribution in [0.3, 0.4) is 0 Å². The lowest BCUT2D eigenvalue weighted by atomic mass is 10.1. The summed E-state index contributed by atoms with van der Waals surface area (Å²) < 4.78 is 6.62. The average Bonchev–Trinajstić information content (AvgIpc) is 3.09. The highest BCUT2D eigenvalue weighted by atomic mass is 32.1. The van der Waals surface area contributed by atoms with Gasteiger partial charge < -0.3 is 4.74 Å². The van der Waals surface area contributed by atoms with Gasteiger partial charge in [0.1, 0.15) is 5.01 Å². The summed E-state index contributed by atoms with van der Waals surface area (Å²) in [4.78, 5) is 39.4. The van der Waals surface area contributed by atoms with Crippen LogP contribution < -0.4 is 10.9 Å². The number of nitrogens with zero attached hydrogens (tertiary/aromatic N) is 3. The first-order valence-corrected chi connectivity index (χ1v) is 8.77. The Morgan fingerprint density at radius 2 is 1.85 bits per heavy atom. The Bertz CT molecular complexity index is 827. The van der Waals surface area contributed by atoms with Gasteiger partial charge in [0, 0.05) is 29.4 Å². The molecule has 2 aromatic heterocycles. The van der Waals surface area contributed by atoms with Crippen LogP contribution in [0.25, 0.3) is 0 Å². The molecular weight excluding hydrogens is 358 g/mol. The van der Waals surface area contributed by atoms with Crippen LogP contribution >= 0.6 is 11.3 Å². The van der Waals surface area contributed by atoms with Crippen LogP contribution in [-0.4, -0.2) is 39.2 Å². The van der Waals surface area contributed by atoms with E-state index in [9.17, 15) is 14.4 Å². The van der Waals surface area contributed by atoms with Gasteiger partial charge in [-0.2, -0.15) is 5.10 Å². The van der Waals surface area contributed by atoms with E-state index in [2.05, 4.69) is 20.9 Å². The van der Waals surface area contributed by atoms with Crippen molar-refractivity contribution >= 4 is 29.1 Å². The predicted molar refractivity (Wildman–Crippen MR) is 94.2 cm³/mol. The van der Waals surface area contributed by atoms with Crippen molar-refractivity contribution < 1.29 is 19.1 Å². The number of amides is 2. The Morgan fingerprint density at radius 3 is 2.42 bits per heavy atom. The maximum atomic E-state index is 11.9. The second-order valence-electron chi connectivity index (χ2n) is 5.77. The maximum Gasteiger partial charge on any atom is 0.310 e. The fourth-order valence-corrected chi connectivity index (χ4v) is 3.03. The maximum absolute atomic E-state index is 11.9. The molecule has 0 aliphatic heterocycles. The molecule has 2 aromatic rings. The number of hydrazine groups is 1. The minimum atomic E-state index is -0.623. The van der Waals surface area contributed by atoms with E-state index >= 15 is 0 Å². The molecule has 0 atom stereocenters. The molecule has 2 rings (SSSR count). The molecule has 0 fully saturated rings. The third kappa shape index (κ3) is 5.38. The molecule has 0 unspecified atom stereocenters. The number of hydrogen-bond acceptors (Lipinski definition) is 7. The molecule has 26 heavy (non-hydrogen) atoms. The third-order valence-corrected chi connectivity index (χ3v) is 4.63. The lowest BCUT2D eigenvalue weighted by molar-refractivity contribution is -0.148. The number of nitrogens with one attached hydrogen (secondary N) is 2. The smallest absolute Gasteiger partial charge is 0.310 e.